The minimum absolute atomic E-state index is 0.229. The van der Waals surface area contributed by atoms with Crippen molar-refractivity contribution in [1.29, 1.82) is 0 Å². The maximum absolute atomic E-state index is 10.2. The smallest absolute Gasteiger partial charge is 0.136 e. The van der Waals surface area contributed by atoms with Gasteiger partial charge >= 0.3 is 0 Å². The number of unbranched alkanes of at least 4 members (excludes halogenated alkanes) is 1. The Morgan fingerprint density at radius 2 is 2.07 bits per heavy atom. The molecule has 1 atom stereocenters. The van der Waals surface area contributed by atoms with E-state index in [9.17, 15) is 4.79 Å². The number of nitrogens with one attached hydrogen (secondary N) is 1. The van der Waals surface area contributed by atoms with Gasteiger partial charge < -0.3 is 15.8 Å². The molecule has 0 saturated heterocycles. The summed E-state index contributed by atoms with van der Waals surface area (Å²) in [6.45, 7) is 7.58. The van der Waals surface area contributed by atoms with E-state index in [-0.39, 0.29) is 11.6 Å². The molecule has 84 valence electrons. The van der Waals surface area contributed by atoms with Crippen molar-refractivity contribution in [1.82, 2.24) is 5.32 Å². The van der Waals surface area contributed by atoms with Crippen LogP contribution in [0, 0.1) is 0 Å². The van der Waals surface area contributed by atoms with Crippen molar-refractivity contribution in [3.63, 3.8) is 0 Å². The topological polar surface area (TPSA) is 55.1 Å². The van der Waals surface area contributed by atoms with Crippen LogP contribution in [-0.2, 0) is 4.79 Å². The number of aldehydes is 1. The highest BCUT2D eigenvalue weighted by Crippen LogP contribution is 2.07. The van der Waals surface area contributed by atoms with E-state index in [0.717, 1.165) is 38.5 Å². The second-order valence-corrected chi connectivity index (χ2v) is 4.46. The van der Waals surface area contributed by atoms with Gasteiger partial charge in [0.25, 0.3) is 0 Å². The van der Waals surface area contributed by atoms with Crippen molar-refractivity contribution in [2.75, 3.05) is 6.54 Å². The molecule has 3 heteroatoms. The average Bonchev–Trinajstić information content (AvgIpc) is 2.17. The first-order chi connectivity index (χ1) is 6.52. The first-order valence-corrected chi connectivity index (χ1v) is 5.47. The molecule has 0 aliphatic rings. The summed E-state index contributed by atoms with van der Waals surface area (Å²) in [6, 6.07) is -0.269. The molecule has 0 aliphatic carbocycles. The van der Waals surface area contributed by atoms with Crippen molar-refractivity contribution in [3.05, 3.63) is 0 Å². The van der Waals surface area contributed by atoms with Gasteiger partial charge in [-0.25, -0.2) is 0 Å². The van der Waals surface area contributed by atoms with Crippen LogP contribution in [0.25, 0.3) is 0 Å². The largest absolute Gasteiger partial charge is 0.322 e. The molecule has 3 N–H and O–H groups in total. The zero-order chi connectivity index (χ0) is 11.0. The van der Waals surface area contributed by atoms with Crippen LogP contribution in [0.5, 0.6) is 0 Å². The zero-order valence-corrected chi connectivity index (χ0v) is 9.68. The summed E-state index contributed by atoms with van der Waals surface area (Å²) >= 11 is 0. The summed E-state index contributed by atoms with van der Waals surface area (Å²) in [5.74, 6) is 0. The summed E-state index contributed by atoms with van der Waals surface area (Å²) in [5.41, 5.74) is 5.71. The fraction of sp³-hybridized carbons (Fsp3) is 0.909. The van der Waals surface area contributed by atoms with Crippen molar-refractivity contribution >= 4 is 6.29 Å². The molecule has 0 amide bonds. The van der Waals surface area contributed by atoms with Gasteiger partial charge in [0.05, 0.1) is 6.04 Å². The highest BCUT2D eigenvalue weighted by Gasteiger charge is 2.12. The predicted octanol–water partition coefficient (Wildman–Crippen LogP) is 1.46. The maximum atomic E-state index is 10.2. The molecule has 0 heterocycles. The molecule has 0 rings (SSSR count). The molecule has 0 bridgehead atoms. The molecule has 0 aromatic carbocycles. The molecule has 0 aliphatic heterocycles. The van der Waals surface area contributed by atoms with Gasteiger partial charge in [-0.05, 0) is 39.7 Å². The van der Waals surface area contributed by atoms with E-state index in [1.807, 2.05) is 0 Å². The van der Waals surface area contributed by atoms with Crippen LogP contribution >= 0.6 is 0 Å². The molecule has 0 radical (unpaired) electrons. The third-order valence-corrected chi connectivity index (χ3v) is 2.63. The molecule has 0 aromatic heterocycles. The molecule has 1 unspecified atom stereocenters. The minimum Gasteiger partial charge on any atom is -0.322 e. The number of hydrogen-bond donors (Lipinski definition) is 2. The summed E-state index contributed by atoms with van der Waals surface area (Å²) in [5, 5.41) is 3.47. The lowest BCUT2D eigenvalue weighted by molar-refractivity contribution is -0.109. The molecular formula is C11H24N2O. The molecule has 3 nitrogen and oxygen atoms in total. The van der Waals surface area contributed by atoms with Gasteiger partial charge in [0.2, 0.25) is 0 Å². The van der Waals surface area contributed by atoms with Crippen LogP contribution in [0.4, 0.5) is 0 Å². The van der Waals surface area contributed by atoms with Crippen molar-refractivity contribution in [2.45, 2.75) is 58.0 Å². The molecule has 14 heavy (non-hydrogen) atoms. The van der Waals surface area contributed by atoms with Crippen LogP contribution in [0.2, 0.25) is 0 Å². The van der Waals surface area contributed by atoms with Crippen LogP contribution in [0.1, 0.15) is 46.5 Å². The summed E-state index contributed by atoms with van der Waals surface area (Å²) in [6.07, 6.45) is 4.86. The third-order valence-electron chi connectivity index (χ3n) is 2.63. The Morgan fingerprint density at radius 3 is 2.57 bits per heavy atom. The Labute approximate surface area is 87.4 Å². The second-order valence-electron chi connectivity index (χ2n) is 4.46. The lowest BCUT2D eigenvalue weighted by Gasteiger charge is -2.24. The minimum atomic E-state index is -0.269. The van der Waals surface area contributed by atoms with Gasteiger partial charge in [-0.3, -0.25) is 0 Å². The zero-order valence-electron chi connectivity index (χ0n) is 9.68. The van der Waals surface area contributed by atoms with Gasteiger partial charge in [0.1, 0.15) is 6.29 Å². The number of hydrogen-bond acceptors (Lipinski definition) is 3. The van der Waals surface area contributed by atoms with Crippen molar-refractivity contribution in [2.24, 2.45) is 5.73 Å². The van der Waals surface area contributed by atoms with Gasteiger partial charge in [-0.15, -0.1) is 0 Å². The Hall–Kier alpha value is -0.410. The average molecular weight is 200 g/mol. The van der Waals surface area contributed by atoms with E-state index in [0.29, 0.717) is 0 Å². The van der Waals surface area contributed by atoms with Crippen LogP contribution in [0.3, 0.4) is 0 Å². The summed E-state index contributed by atoms with van der Waals surface area (Å²) in [4.78, 5) is 10.2. The lowest BCUT2D eigenvalue weighted by Crippen LogP contribution is -2.39. The van der Waals surface area contributed by atoms with Gasteiger partial charge in [0.15, 0.2) is 0 Å². The number of carbonyl (C=O) groups is 1. The molecule has 0 fully saturated rings. The monoisotopic (exact) mass is 200 g/mol. The standard InChI is InChI=1S/C11H24N2O/c1-4-11(2,3)13-8-6-5-7-10(12)9-14/h9-10,13H,4-8,12H2,1-3H3. The van der Waals surface area contributed by atoms with E-state index >= 15 is 0 Å². The van der Waals surface area contributed by atoms with Gasteiger partial charge in [-0.1, -0.05) is 13.3 Å². The second kappa shape index (κ2) is 6.96. The number of rotatable bonds is 8. The quantitative estimate of drug-likeness (QED) is 0.461. The highest BCUT2D eigenvalue weighted by atomic mass is 16.1. The highest BCUT2D eigenvalue weighted by molar-refractivity contribution is 5.56. The van der Waals surface area contributed by atoms with E-state index in [2.05, 4.69) is 26.1 Å². The molecule has 0 aromatic rings. The Morgan fingerprint density at radius 1 is 1.43 bits per heavy atom. The molecule has 0 saturated carbocycles. The summed E-state index contributed by atoms with van der Waals surface area (Å²) in [7, 11) is 0. The van der Waals surface area contributed by atoms with E-state index in [1.54, 1.807) is 0 Å². The lowest BCUT2D eigenvalue weighted by atomic mass is 10.0. The van der Waals surface area contributed by atoms with Gasteiger partial charge in [0, 0.05) is 5.54 Å². The first-order valence-electron chi connectivity index (χ1n) is 5.47. The van der Waals surface area contributed by atoms with Crippen molar-refractivity contribution in [3.8, 4) is 0 Å². The Balaban J connectivity index is 3.34. The van der Waals surface area contributed by atoms with Crippen LogP contribution in [0.15, 0.2) is 0 Å². The normalized spacial score (nSPS) is 14.0. The maximum Gasteiger partial charge on any atom is 0.136 e. The number of carbonyl (C=O) groups excluding carboxylic acids is 1. The fourth-order valence-electron chi connectivity index (χ4n) is 1.12. The van der Waals surface area contributed by atoms with E-state index < -0.39 is 0 Å². The summed E-state index contributed by atoms with van der Waals surface area (Å²) < 4.78 is 0. The van der Waals surface area contributed by atoms with Crippen LogP contribution in [-0.4, -0.2) is 24.4 Å². The van der Waals surface area contributed by atoms with E-state index in [1.165, 1.54) is 0 Å². The SMILES string of the molecule is CCC(C)(C)NCCCCC(N)C=O. The molecular weight excluding hydrogens is 176 g/mol. The van der Waals surface area contributed by atoms with Crippen LogP contribution < -0.4 is 11.1 Å². The Kier molecular flexibility index (Phi) is 6.75. The number of nitrogens with two attached hydrogens (primary N) is 1. The van der Waals surface area contributed by atoms with Gasteiger partial charge in [-0.2, -0.15) is 0 Å². The Bertz CT molecular complexity index is 157. The van der Waals surface area contributed by atoms with E-state index in [4.69, 9.17) is 5.73 Å². The van der Waals surface area contributed by atoms with Crippen molar-refractivity contribution < 1.29 is 4.79 Å². The predicted molar refractivity (Wildman–Crippen MR) is 60.3 cm³/mol. The third kappa shape index (κ3) is 7.04. The first kappa shape index (κ1) is 13.6. The fourth-order valence-corrected chi connectivity index (χ4v) is 1.12. The molecule has 0 spiro atoms.